The summed E-state index contributed by atoms with van der Waals surface area (Å²) in [5.74, 6) is 0.763. The molecular weight excluding hydrogens is 200 g/mol. The summed E-state index contributed by atoms with van der Waals surface area (Å²) < 4.78 is 5.71. The Balaban J connectivity index is 0.000000980. The number of ether oxygens (including phenoxy) is 1. The van der Waals surface area contributed by atoms with E-state index in [1.54, 1.807) is 0 Å². The molecule has 1 N–H and O–H groups in total. The number of nitrogens with one attached hydrogen (secondary N) is 1. The van der Waals surface area contributed by atoms with Gasteiger partial charge in [0.2, 0.25) is 0 Å². The van der Waals surface area contributed by atoms with E-state index in [4.69, 9.17) is 4.74 Å². The Kier molecular flexibility index (Phi) is 4.64. The van der Waals surface area contributed by atoms with Crippen molar-refractivity contribution in [2.45, 2.75) is 26.0 Å². The summed E-state index contributed by atoms with van der Waals surface area (Å²) in [5.41, 5.74) is 0. The molecule has 14 heavy (non-hydrogen) atoms. The summed E-state index contributed by atoms with van der Waals surface area (Å²) in [4.78, 5) is 2.58. The predicted octanol–water partition coefficient (Wildman–Crippen LogP) is 0.737. The van der Waals surface area contributed by atoms with Crippen molar-refractivity contribution in [3.8, 4) is 0 Å². The molecule has 0 aromatic carbocycles. The Morgan fingerprint density at radius 3 is 2.93 bits per heavy atom. The molecule has 2 aliphatic heterocycles. The smallest absolute Gasteiger partial charge is 0.0867 e. The van der Waals surface area contributed by atoms with Gasteiger partial charge in [-0.2, -0.15) is 0 Å². The monoisotopic (exact) mass is 220 g/mol. The topological polar surface area (TPSA) is 24.5 Å². The quantitative estimate of drug-likeness (QED) is 0.743. The van der Waals surface area contributed by atoms with E-state index in [1.807, 2.05) is 0 Å². The number of rotatable bonds is 2. The maximum atomic E-state index is 5.71. The van der Waals surface area contributed by atoms with E-state index in [0.717, 1.165) is 32.2 Å². The van der Waals surface area contributed by atoms with Crippen molar-refractivity contribution >= 4 is 12.4 Å². The highest BCUT2D eigenvalue weighted by molar-refractivity contribution is 5.85. The van der Waals surface area contributed by atoms with Crippen LogP contribution < -0.4 is 5.32 Å². The van der Waals surface area contributed by atoms with Crippen LogP contribution >= 0.6 is 12.4 Å². The Morgan fingerprint density at radius 1 is 1.43 bits per heavy atom. The average molecular weight is 221 g/mol. The summed E-state index contributed by atoms with van der Waals surface area (Å²) in [6.45, 7) is 9.96. The summed E-state index contributed by atoms with van der Waals surface area (Å²) in [6, 6.07) is 0.635. The van der Waals surface area contributed by atoms with Crippen LogP contribution in [0, 0.1) is 5.92 Å². The van der Waals surface area contributed by atoms with Crippen molar-refractivity contribution in [2.24, 2.45) is 5.92 Å². The van der Waals surface area contributed by atoms with Gasteiger partial charge in [-0.1, -0.05) is 13.8 Å². The fraction of sp³-hybridized carbons (Fsp3) is 1.00. The van der Waals surface area contributed by atoms with Gasteiger partial charge in [-0.05, 0) is 5.92 Å². The van der Waals surface area contributed by atoms with Crippen molar-refractivity contribution in [3.63, 3.8) is 0 Å². The molecule has 0 aromatic heterocycles. The molecule has 0 bridgehead atoms. The first-order chi connectivity index (χ1) is 6.27. The first-order valence-corrected chi connectivity index (χ1v) is 5.33. The second kappa shape index (κ2) is 5.31. The number of fused-ring (bicyclic) bond motifs is 1. The van der Waals surface area contributed by atoms with E-state index in [1.165, 1.54) is 6.54 Å². The first-order valence-electron chi connectivity index (χ1n) is 5.33. The predicted molar refractivity (Wildman–Crippen MR) is 60.1 cm³/mol. The second-order valence-electron chi connectivity index (χ2n) is 4.52. The molecule has 0 aromatic rings. The molecule has 2 atom stereocenters. The average Bonchev–Trinajstić information content (AvgIpc) is 2.51. The third kappa shape index (κ3) is 2.60. The molecular formula is C10H21ClN2O. The Bertz CT molecular complexity index is 178. The van der Waals surface area contributed by atoms with Crippen molar-refractivity contribution in [1.82, 2.24) is 10.2 Å². The lowest BCUT2D eigenvalue weighted by Gasteiger charge is -2.37. The Morgan fingerprint density at radius 2 is 2.21 bits per heavy atom. The van der Waals surface area contributed by atoms with Crippen molar-refractivity contribution < 1.29 is 4.74 Å². The maximum Gasteiger partial charge on any atom is 0.0867 e. The minimum atomic E-state index is 0. The number of morpholine rings is 1. The van der Waals surface area contributed by atoms with E-state index >= 15 is 0 Å². The maximum absolute atomic E-state index is 5.71. The Hall–Kier alpha value is 0.170. The molecule has 2 unspecified atom stereocenters. The Labute approximate surface area is 92.6 Å². The van der Waals surface area contributed by atoms with E-state index in [9.17, 15) is 0 Å². The zero-order chi connectivity index (χ0) is 9.26. The molecule has 2 rings (SSSR count). The van der Waals surface area contributed by atoms with Crippen LogP contribution in [0.4, 0.5) is 0 Å². The van der Waals surface area contributed by atoms with Crippen LogP contribution in [-0.4, -0.2) is 49.8 Å². The lowest BCUT2D eigenvalue weighted by Crippen LogP contribution is -2.51. The fourth-order valence-electron chi connectivity index (χ4n) is 2.36. The highest BCUT2D eigenvalue weighted by atomic mass is 35.5. The number of nitrogens with zero attached hydrogens (tertiary/aromatic N) is 1. The van der Waals surface area contributed by atoms with Gasteiger partial charge < -0.3 is 10.1 Å². The van der Waals surface area contributed by atoms with E-state index < -0.39 is 0 Å². The SMILES string of the molecule is CC(C)CN1CCOC2CNCC21.Cl. The molecule has 2 aliphatic rings. The summed E-state index contributed by atoms with van der Waals surface area (Å²) >= 11 is 0. The van der Waals surface area contributed by atoms with Crippen LogP contribution in [0.5, 0.6) is 0 Å². The minimum absolute atomic E-state index is 0. The molecule has 0 spiro atoms. The normalized spacial score (nSPS) is 32.8. The summed E-state index contributed by atoms with van der Waals surface area (Å²) in [6.07, 6.45) is 0.451. The van der Waals surface area contributed by atoms with Crippen LogP contribution in [0.3, 0.4) is 0 Å². The zero-order valence-electron chi connectivity index (χ0n) is 9.03. The van der Waals surface area contributed by atoms with Gasteiger partial charge in [0.25, 0.3) is 0 Å². The molecule has 3 nitrogen and oxygen atoms in total. The van der Waals surface area contributed by atoms with Gasteiger partial charge in [0.15, 0.2) is 0 Å². The molecule has 2 saturated heterocycles. The molecule has 2 heterocycles. The van der Waals surface area contributed by atoms with Gasteiger partial charge in [-0.15, -0.1) is 12.4 Å². The molecule has 84 valence electrons. The molecule has 0 radical (unpaired) electrons. The molecule has 0 amide bonds. The van der Waals surface area contributed by atoms with Crippen molar-refractivity contribution in [1.29, 1.82) is 0 Å². The van der Waals surface area contributed by atoms with Crippen molar-refractivity contribution in [3.05, 3.63) is 0 Å². The number of hydrogen-bond donors (Lipinski definition) is 1. The second-order valence-corrected chi connectivity index (χ2v) is 4.52. The van der Waals surface area contributed by atoms with Crippen LogP contribution in [0.2, 0.25) is 0 Å². The van der Waals surface area contributed by atoms with E-state index in [2.05, 4.69) is 24.1 Å². The van der Waals surface area contributed by atoms with Gasteiger partial charge in [0.05, 0.1) is 12.7 Å². The van der Waals surface area contributed by atoms with E-state index in [-0.39, 0.29) is 12.4 Å². The standard InChI is InChI=1S/C10H20N2O.ClH/c1-8(2)7-12-3-4-13-10-6-11-5-9(10)12;/h8-11H,3-7H2,1-2H3;1H. The zero-order valence-corrected chi connectivity index (χ0v) is 9.85. The third-order valence-electron chi connectivity index (χ3n) is 2.91. The highest BCUT2D eigenvalue weighted by Gasteiger charge is 2.35. The van der Waals surface area contributed by atoms with Gasteiger partial charge in [0, 0.05) is 32.2 Å². The van der Waals surface area contributed by atoms with Gasteiger partial charge in [-0.25, -0.2) is 0 Å². The van der Waals surface area contributed by atoms with Crippen molar-refractivity contribution in [2.75, 3.05) is 32.8 Å². The van der Waals surface area contributed by atoms with Crippen LogP contribution in [0.15, 0.2) is 0 Å². The van der Waals surface area contributed by atoms with Gasteiger partial charge >= 0.3 is 0 Å². The third-order valence-corrected chi connectivity index (χ3v) is 2.91. The molecule has 2 fully saturated rings. The van der Waals surface area contributed by atoms with Gasteiger partial charge in [0.1, 0.15) is 0 Å². The molecule has 0 saturated carbocycles. The number of halogens is 1. The molecule has 4 heteroatoms. The number of hydrogen-bond acceptors (Lipinski definition) is 3. The largest absolute Gasteiger partial charge is 0.374 e. The van der Waals surface area contributed by atoms with Gasteiger partial charge in [-0.3, -0.25) is 4.90 Å². The van der Waals surface area contributed by atoms with Crippen LogP contribution in [-0.2, 0) is 4.74 Å². The fourth-order valence-corrected chi connectivity index (χ4v) is 2.36. The minimum Gasteiger partial charge on any atom is -0.374 e. The van der Waals surface area contributed by atoms with E-state index in [0.29, 0.717) is 12.1 Å². The van der Waals surface area contributed by atoms with Crippen LogP contribution in [0.25, 0.3) is 0 Å². The molecule has 0 aliphatic carbocycles. The highest BCUT2D eigenvalue weighted by Crippen LogP contribution is 2.18. The van der Waals surface area contributed by atoms with Crippen LogP contribution in [0.1, 0.15) is 13.8 Å². The summed E-state index contributed by atoms with van der Waals surface area (Å²) in [5, 5.41) is 3.40. The summed E-state index contributed by atoms with van der Waals surface area (Å²) in [7, 11) is 0. The lowest BCUT2D eigenvalue weighted by molar-refractivity contribution is -0.0501. The lowest BCUT2D eigenvalue weighted by atomic mass is 10.1. The first kappa shape index (κ1) is 12.2.